The Bertz CT molecular complexity index is 1220. The van der Waals surface area contributed by atoms with Crippen LogP contribution in [0.2, 0.25) is 10.0 Å². The molecule has 0 aliphatic heterocycles. The van der Waals surface area contributed by atoms with Crippen LogP contribution in [-0.4, -0.2) is 26.0 Å². The highest BCUT2D eigenvalue weighted by Crippen LogP contribution is 2.35. The summed E-state index contributed by atoms with van der Waals surface area (Å²) in [4.78, 5) is 24.2. The average Bonchev–Trinajstić information content (AvgIpc) is 2.77. The third-order valence-corrected chi connectivity index (χ3v) is 4.74. The van der Waals surface area contributed by atoms with Gasteiger partial charge in [0, 0.05) is 11.3 Å². The summed E-state index contributed by atoms with van der Waals surface area (Å²) in [5.41, 5.74) is 1.52. The first kappa shape index (κ1) is 20.6. The number of hydrogen-bond donors (Lipinski definition) is 2. The second kappa shape index (κ2) is 8.99. The smallest absolute Gasteiger partial charge is 0.335 e. The van der Waals surface area contributed by atoms with Crippen molar-refractivity contribution < 1.29 is 14.6 Å². The number of rotatable bonds is 6. The number of benzene rings is 3. The van der Waals surface area contributed by atoms with Crippen molar-refractivity contribution in [1.82, 2.24) is 15.0 Å². The van der Waals surface area contributed by atoms with E-state index in [9.17, 15) is 4.79 Å². The lowest BCUT2D eigenvalue weighted by Gasteiger charge is -2.11. The van der Waals surface area contributed by atoms with Crippen LogP contribution < -0.4 is 10.1 Å². The van der Waals surface area contributed by atoms with Crippen LogP contribution in [-0.2, 0) is 0 Å². The van der Waals surface area contributed by atoms with Gasteiger partial charge in [0.2, 0.25) is 5.95 Å². The van der Waals surface area contributed by atoms with E-state index < -0.39 is 5.97 Å². The van der Waals surface area contributed by atoms with E-state index in [1.807, 2.05) is 30.3 Å². The number of halogens is 2. The predicted octanol–water partition coefficient (Wildman–Crippen LogP) is 6.08. The van der Waals surface area contributed by atoms with Gasteiger partial charge in [-0.05, 0) is 36.4 Å². The molecule has 0 bridgehead atoms. The Morgan fingerprint density at radius 1 is 0.839 bits per heavy atom. The maximum Gasteiger partial charge on any atom is 0.335 e. The summed E-state index contributed by atoms with van der Waals surface area (Å²) < 4.78 is 5.79. The van der Waals surface area contributed by atoms with Crippen LogP contribution in [0.5, 0.6) is 11.8 Å². The molecule has 0 radical (unpaired) electrons. The molecule has 0 aliphatic carbocycles. The van der Waals surface area contributed by atoms with E-state index in [2.05, 4.69) is 20.3 Å². The van der Waals surface area contributed by atoms with Crippen LogP contribution in [0.4, 0.5) is 11.6 Å². The number of para-hydroxylation sites is 1. The van der Waals surface area contributed by atoms with Gasteiger partial charge in [0.15, 0.2) is 11.6 Å². The zero-order valence-corrected chi connectivity index (χ0v) is 17.3. The Morgan fingerprint density at radius 2 is 1.52 bits per heavy atom. The van der Waals surface area contributed by atoms with Gasteiger partial charge in [-0.25, -0.2) is 4.79 Å². The lowest BCUT2D eigenvalue weighted by Crippen LogP contribution is -2.04. The van der Waals surface area contributed by atoms with Gasteiger partial charge in [-0.2, -0.15) is 15.0 Å². The third kappa shape index (κ3) is 4.91. The molecule has 0 saturated carbocycles. The highest BCUT2D eigenvalue weighted by atomic mass is 35.5. The number of anilines is 2. The Hall–Kier alpha value is -3.68. The number of nitrogens with one attached hydrogen (secondary N) is 1. The van der Waals surface area contributed by atoms with Gasteiger partial charge in [-0.3, -0.25) is 0 Å². The summed E-state index contributed by atoms with van der Waals surface area (Å²) in [5, 5.41) is 12.7. The van der Waals surface area contributed by atoms with Crippen molar-refractivity contribution in [1.29, 1.82) is 0 Å². The van der Waals surface area contributed by atoms with Crippen molar-refractivity contribution in [3.8, 4) is 23.1 Å². The lowest BCUT2D eigenvalue weighted by atomic mass is 10.2. The van der Waals surface area contributed by atoms with Crippen molar-refractivity contribution in [3.05, 3.63) is 88.4 Å². The standard InChI is InChI=1S/C22H14Cl2N4O3/c23-16-7-4-8-17(24)18(16)31-22-27-19(13-5-2-1-3-6-13)26-21(28-22)25-15-11-9-14(10-12-15)20(29)30/h1-12H,(H,29,30)(H,25,26,27,28). The fourth-order valence-corrected chi connectivity index (χ4v) is 3.15. The van der Waals surface area contributed by atoms with Crippen LogP contribution in [0.3, 0.4) is 0 Å². The molecule has 4 rings (SSSR count). The molecular formula is C22H14Cl2N4O3. The Kier molecular flexibility index (Phi) is 5.97. The van der Waals surface area contributed by atoms with Gasteiger partial charge < -0.3 is 15.2 Å². The lowest BCUT2D eigenvalue weighted by molar-refractivity contribution is 0.0697. The molecule has 0 spiro atoms. The molecule has 3 aromatic carbocycles. The number of hydrogen-bond acceptors (Lipinski definition) is 6. The summed E-state index contributed by atoms with van der Waals surface area (Å²) in [5.74, 6) is -0.202. The minimum absolute atomic E-state index is 0.00601. The summed E-state index contributed by atoms with van der Waals surface area (Å²) in [6.45, 7) is 0. The number of nitrogens with zero attached hydrogens (tertiary/aromatic N) is 3. The number of aromatic nitrogens is 3. The predicted molar refractivity (Wildman–Crippen MR) is 118 cm³/mol. The monoisotopic (exact) mass is 452 g/mol. The third-order valence-electron chi connectivity index (χ3n) is 4.15. The van der Waals surface area contributed by atoms with Gasteiger partial charge in [-0.1, -0.05) is 59.6 Å². The van der Waals surface area contributed by atoms with Gasteiger partial charge in [-0.15, -0.1) is 0 Å². The highest BCUT2D eigenvalue weighted by molar-refractivity contribution is 6.37. The van der Waals surface area contributed by atoms with Gasteiger partial charge in [0.1, 0.15) is 0 Å². The van der Waals surface area contributed by atoms with E-state index in [0.717, 1.165) is 5.56 Å². The van der Waals surface area contributed by atoms with E-state index in [0.29, 0.717) is 21.6 Å². The molecule has 2 N–H and O–H groups in total. The van der Waals surface area contributed by atoms with Crippen LogP contribution in [0.25, 0.3) is 11.4 Å². The second-order valence-electron chi connectivity index (χ2n) is 6.29. The molecule has 31 heavy (non-hydrogen) atoms. The topological polar surface area (TPSA) is 97.2 Å². The Morgan fingerprint density at radius 3 is 2.16 bits per heavy atom. The van der Waals surface area contributed by atoms with Crippen molar-refractivity contribution in [2.45, 2.75) is 0 Å². The molecule has 1 aromatic heterocycles. The zero-order chi connectivity index (χ0) is 21.8. The molecule has 4 aromatic rings. The zero-order valence-electron chi connectivity index (χ0n) is 15.8. The second-order valence-corrected chi connectivity index (χ2v) is 7.11. The van der Waals surface area contributed by atoms with E-state index >= 15 is 0 Å². The maximum absolute atomic E-state index is 11.1. The number of ether oxygens (including phenoxy) is 1. The molecule has 0 saturated heterocycles. The van der Waals surface area contributed by atoms with E-state index in [1.54, 1.807) is 30.3 Å². The number of carboxylic acid groups (broad SMARTS) is 1. The van der Waals surface area contributed by atoms with Crippen molar-refractivity contribution in [2.75, 3.05) is 5.32 Å². The largest absolute Gasteiger partial charge is 0.478 e. The molecule has 7 nitrogen and oxygen atoms in total. The molecule has 0 unspecified atom stereocenters. The summed E-state index contributed by atoms with van der Waals surface area (Å²) in [7, 11) is 0. The first-order valence-corrected chi connectivity index (χ1v) is 9.79. The van der Waals surface area contributed by atoms with Crippen LogP contribution >= 0.6 is 23.2 Å². The minimum atomic E-state index is -1.01. The van der Waals surface area contributed by atoms with E-state index in [1.165, 1.54) is 12.1 Å². The van der Waals surface area contributed by atoms with Crippen molar-refractivity contribution in [3.63, 3.8) is 0 Å². The first-order chi connectivity index (χ1) is 15.0. The Balaban J connectivity index is 1.72. The van der Waals surface area contributed by atoms with Crippen molar-refractivity contribution in [2.24, 2.45) is 0 Å². The van der Waals surface area contributed by atoms with Gasteiger partial charge >= 0.3 is 12.0 Å². The van der Waals surface area contributed by atoms with Crippen LogP contribution in [0.15, 0.2) is 72.8 Å². The SMILES string of the molecule is O=C(O)c1ccc(Nc2nc(Oc3c(Cl)cccc3Cl)nc(-c3ccccc3)n2)cc1. The summed E-state index contributed by atoms with van der Waals surface area (Å²) >= 11 is 12.4. The Labute approximate surface area is 187 Å². The summed E-state index contributed by atoms with van der Waals surface area (Å²) in [6.07, 6.45) is 0. The quantitative estimate of drug-likeness (QED) is 0.365. The molecule has 154 valence electrons. The van der Waals surface area contributed by atoms with E-state index in [-0.39, 0.29) is 23.3 Å². The first-order valence-electron chi connectivity index (χ1n) is 9.03. The normalized spacial score (nSPS) is 10.5. The average molecular weight is 453 g/mol. The fourth-order valence-electron chi connectivity index (χ4n) is 2.67. The van der Waals surface area contributed by atoms with Crippen LogP contribution in [0.1, 0.15) is 10.4 Å². The molecule has 0 atom stereocenters. The van der Waals surface area contributed by atoms with E-state index in [4.69, 9.17) is 33.0 Å². The minimum Gasteiger partial charge on any atom is -0.478 e. The molecular weight excluding hydrogens is 439 g/mol. The fraction of sp³-hybridized carbons (Fsp3) is 0. The molecule has 0 amide bonds. The number of aromatic carboxylic acids is 1. The van der Waals surface area contributed by atoms with Crippen LogP contribution in [0, 0.1) is 0 Å². The number of carboxylic acids is 1. The molecule has 1 heterocycles. The molecule has 9 heteroatoms. The maximum atomic E-state index is 11.1. The number of carbonyl (C=O) groups is 1. The van der Waals surface area contributed by atoms with Gasteiger partial charge in [0.25, 0.3) is 0 Å². The molecule has 0 aliphatic rings. The highest BCUT2D eigenvalue weighted by Gasteiger charge is 2.14. The molecule has 0 fully saturated rings. The van der Waals surface area contributed by atoms with Crippen molar-refractivity contribution >= 4 is 40.8 Å². The summed E-state index contributed by atoms with van der Waals surface area (Å²) in [6, 6.07) is 20.5. The van der Waals surface area contributed by atoms with Gasteiger partial charge in [0.05, 0.1) is 15.6 Å².